The molecule has 3 saturated carbocycles. The van der Waals surface area contributed by atoms with Crippen LogP contribution < -0.4 is 5.32 Å². The molecule has 0 saturated heterocycles. The van der Waals surface area contributed by atoms with Crippen molar-refractivity contribution in [1.82, 2.24) is 0 Å². The predicted octanol–water partition coefficient (Wildman–Crippen LogP) is 8.90. The second-order valence-electron chi connectivity index (χ2n) is 11.3. The molecule has 0 aliphatic heterocycles. The molecule has 7 heteroatoms. The second kappa shape index (κ2) is 18.6. The molecule has 3 aliphatic rings. The second-order valence-corrected chi connectivity index (χ2v) is 16.2. The molecule has 220 valence electrons. The fourth-order valence-electron chi connectivity index (χ4n) is 6.80. The summed E-state index contributed by atoms with van der Waals surface area (Å²) in [6.45, 7) is 0. The van der Waals surface area contributed by atoms with Gasteiger partial charge in [0.05, 0.1) is 23.2 Å². The Kier molecular flexibility index (Phi) is 16.5. The monoisotopic (exact) mass is 665 g/mol. The van der Waals surface area contributed by atoms with Gasteiger partial charge in [0.15, 0.2) is 0 Å². The normalized spacial score (nSPS) is 19.1. The van der Waals surface area contributed by atoms with Crippen LogP contribution in [0.5, 0.6) is 0 Å². The molecule has 0 unspecified atom stereocenters. The summed E-state index contributed by atoms with van der Waals surface area (Å²) >= 11 is 0. The molecule has 2 aromatic rings. The topological polar surface area (TPSA) is 66.4 Å². The number of hydrogen-bond donors (Lipinski definition) is 2. The van der Waals surface area contributed by atoms with Gasteiger partial charge in [0.2, 0.25) is 0 Å². The molecule has 0 aromatic heterocycles. The van der Waals surface area contributed by atoms with E-state index in [1.807, 2.05) is 37.4 Å². The van der Waals surface area contributed by atoms with Crippen molar-refractivity contribution in [3.63, 3.8) is 0 Å². The van der Waals surface area contributed by atoms with E-state index in [2.05, 4.69) is 29.6 Å². The van der Waals surface area contributed by atoms with Gasteiger partial charge in [-0.2, -0.15) is 8.42 Å². The zero-order valence-electron chi connectivity index (χ0n) is 23.9. The van der Waals surface area contributed by atoms with E-state index in [0.717, 1.165) is 11.3 Å². The van der Waals surface area contributed by atoms with Crippen LogP contribution in [-0.2, 0) is 30.5 Å². The maximum atomic E-state index is 9.19. The largest absolute Gasteiger partial charge is 2.00 e. The van der Waals surface area contributed by atoms with Crippen LogP contribution >= 0.6 is 7.92 Å². The Labute approximate surface area is 253 Å². The van der Waals surface area contributed by atoms with Crippen molar-refractivity contribution in [1.29, 1.82) is 0 Å². The quantitative estimate of drug-likeness (QED) is 0.145. The van der Waals surface area contributed by atoms with Gasteiger partial charge < -0.3 is 5.32 Å². The molecule has 0 amide bonds. The third kappa shape index (κ3) is 12.7. The first kappa shape index (κ1) is 34.4. The van der Waals surface area contributed by atoms with Gasteiger partial charge >= 0.3 is 20.4 Å². The maximum Gasteiger partial charge on any atom is 2.00 e. The predicted molar refractivity (Wildman–Crippen MR) is 167 cm³/mol. The summed E-state index contributed by atoms with van der Waals surface area (Å²) < 4.78 is 25.9. The molecule has 0 bridgehead atoms. The van der Waals surface area contributed by atoms with Crippen LogP contribution in [0.1, 0.15) is 96.3 Å². The average molecular weight is 666 g/mol. The van der Waals surface area contributed by atoms with Gasteiger partial charge in [-0.05, 0) is 88.8 Å². The minimum atomic E-state index is -3.67. The molecule has 39 heavy (non-hydrogen) atoms. The Morgan fingerprint density at radius 3 is 1.54 bits per heavy atom. The molecular formula is C32H50NO3PPdS+2. The molecule has 0 spiro atoms. The minimum Gasteiger partial charge on any atom is -0.395 e. The van der Waals surface area contributed by atoms with Crippen molar-refractivity contribution in [2.45, 2.75) is 113 Å². The zero-order valence-corrected chi connectivity index (χ0v) is 27.3. The summed E-state index contributed by atoms with van der Waals surface area (Å²) in [5.74, 6) is 0. The zero-order chi connectivity index (χ0) is 27.2. The van der Waals surface area contributed by atoms with E-state index in [9.17, 15) is 8.42 Å². The summed E-state index contributed by atoms with van der Waals surface area (Å²) in [6.07, 6.45) is 24.5. The first-order valence-electron chi connectivity index (χ1n) is 14.9. The SMILES string of the molecule is C1CCC([PH+](C2CCCCC2)C2CCCCC2)CC1.CNc1ccccc1-c1[c-]cccc1.CS(=O)(=O)O.[Pd+2]. The number of hydrogen-bond acceptors (Lipinski definition) is 3. The molecule has 0 heterocycles. The average Bonchev–Trinajstić information content (AvgIpc) is 2.95. The van der Waals surface area contributed by atoms with E-state index in [1.165, 1.54) is 22.5 Å². The fourth-order valence-corrected chi connectivity index (χ4v) is 12.0. The number of benzene rings is 2. The van der Waals surface area contributed by atoms with E-state index in [-0.39, 0.29) is 28.3 Å². The van der Waals surface area contributed by atoms with Gasteiger partial charge in [0.1, 0.15) is 0 Å². The summed E-state index contributed by atoms with van der Waals surface area (Å²) in [6, 6.07) is 19.4. The third-order valence-electron chi connectivity index (χ3n) is 8.43. The summed E-state index contributed by atoms with van der Waals surface area (Å²) in [7, 11) is -1.78. The Hall–Kier alpha value is -0.758. The molecule has 5 rings (SSSR count). The van der Waals surface area contributed by atoms with Crippen molar-refractivity contribution < 1.29 is 33.4 Å². The van der Waals surface area contributed by atoms with Crippen LogP contribution in [0.2, 0.25) is 0 Å². The van der Waals surface area contributed by atoms with Crippen LogP contribution in [0.3, 0.4) is 0 Å². The van der Waals surface area contributed by atoms with E-state index in [1.54, 1.807) is 96.3 Å². The van der Waals surface area contributed by atoms with E-state index in [4.69, 9.17) is 4.55 Å². The number of para-hydroxylation sites is 1. The van der Waals surface area contributed by atoms with Crippen LogP contribution in [0.4, 0.5) is 5.69 Å². The number of rotatable bonds is 5. The molecule has 3 fully saturated rings. The summed E-state index contributed by atoms with van der Waals surface area (Å²) in [5, 5.41) is 3.17. The van der Waals surface area contributed by atoms with Crippen molar-refractivity contribution >= 4 is 23.7 Å². The maximum absolute atomic E-state index is 9.19. The van der Waals surface area contributed by atoms with Crippen molar-refractivity contribution in [2.24, 2.45) is 0 Å². The van der Waals surface area contributed by atoms with E-state index < -0.39 is 10.1 Å². The molecule has 0 radical (unpaired) electrons. The fraction of sp³-hybridized carbons (Fsp3) is 0.625. The smallest absolute Gasteiger partial charge is 0.395 e. The van der Waals surface area contributed by atoms with Crippen LogP contribution in [0.25, 0.3) is 11.1 Å². The summed E-state index contributed by atoms with van der Waals surface area (Å²) in [5.41, 5.74) is 7.13. The Morgan fingerprint density at radius 1 is 0.744 bits per heavy atom. The Morgan fingerprint density at radius 2 is 1.15 bits per heavy atom. The third-order valence-corrected chi connectivity index (χ3v) is 13.0. The Bertz CT molecular complexity index is 968. The van der Waals surface area contributed by atoms with Crippen molar-refractivity contribution in [3.8, 4) is 11.1 Å². The molecule has 0 atom stereocenters. The van der Waals surface area contributed by atoms with Crippen molar-refractivity contribution in [2.75, 3.05) is 18.6 Å². The molecule has 2 N–H and O–H groups in total. The van der Waals surface area contributed by atoms with E-state index >= 15 is 0 Å². The number of nitrogens with one attached hydrogen (secondary N) is 1. The molecule has 2 aromatic carbocycles. The van der Waals surface area contributed by atoms with Crippen LogP contribution in [-0.4, -0.2) is 43.3 Å². The standard InChI is InChI=1S/C18H33P.C13H12N.CH4O3S.Pd/c1-4-10-16(11-5-1)19(17-12-6-2-7-13-17)18-14-8-3-9-15-18;1-14-13-10-6-5-9-12(13)11-7-3-2-4-8-11;1-5(2,3)4;/h16-18H,1-15H2;2-7,9-10,14H,1H3;1H3,(H,2,3,4);/q;-1;;+2/p+1. The first-order valence-corrected chi connectivity index (χ1v) is 18.5. The van der Waals surface area contributed by atoms with E-state index in [0.29, 0.717) is 6.26 Å². The van der Waals surface area contributed by atoms with Gasteiger partial charge in [0, 0.05) is 15.0 Å². The van der Waals surface area contributed by atoms with Gasteiger partial charge in [-0.3, -0.25) is 4.55 Å². The van der Waals surface area contributed by atoms with Gasteiger partial charge in [-0.15, -0.1) is 35.9 Å². The summed E-state index contributed by atoms with van der Waals surface area (Å²) in [4.78, 5) is 0. The first-order chi connectivity index (χ1) is 18.4. The van der Waals surface area contributed by atoms with Crippen molar-refractivity contribution in [3.05, 3.63) is 54.6 Å². The Balaban J connectivity index is 0.000000236. The van der Waals surface area contributed by atoms with Gasteiger partial charge in [-0.1, -0.05) is 43.0 Å². The number of anilines is 1. The van der Waals surface area contributed by atoms with Crippen LogP contribution in [0.15, 0.2) is 48.5 Å². The molecule has 3 aliphatic carbocycles. The van der Waals surface area contributed by atoms with Gasteiger partial charge in [0.25, 0.3) is 10.1 Å². The van der Waals surface area contributed by atoms with Gasteiger partial charge in [-0.25, -0.2) is 0 Å². The molecular weight excluding hydrogens is 616 g/mol. The van der Waals surface area contributed by atoms with Crippen LogP contribution in [0, 0.1) is 6.07 Å². The minimum absolute atomic E-state index is 0. The molecule has 4 nitrogen and oxygen atoms in total.